The van der Waals surface area contributed by atoms with E-state index in [1.807, 2.05) is 24.3 Å². The van der Waals surface area contributed by atoms with Crippen molar-refractivity contribution in [3.8, 4) is 0 Å². The first-order chi connectivity index (χ1) is 7.63. The maximum Gasteiger partial charge on any atom is 0.227 e. The van der Waals surface area contributed by atoms with E-state index in [-0.39, 0.29) is 18.2 Å². The van der Waals surface area contributed by atoms with Gasteiger partial charge < -0.3 is 16.3 Å². The molecule has 0 radical (unpaired) electrons. The van der Waals surface area contributed by atoms with Crippen molar-refractivity contribution in [3.05, 3.63) is 34.3 Å². The van der Waals surface area contributed by atoms with E-state index in [0.29, 0.717) is 6.54 Å². The highest BCUT2D eigenvalue weighted by molar-refractivity contribution is 9.10. The number of nitrogens with zero attached hydrogens (tertiary/aromatic N) is 1. The van der Waals surface area contributed by atoms with Gasteiger partial charge in [-0.1, -0.05) is 39.3 Å². The van der Waals surface area contributed by atoms with Crippen molar-refractivity contribution in [1.82, 2.24) is 5.32 Å². The molecular weight excluding hydrogens is 274 g/mol. The number of nitrogens with two attached hydrogens (primary N) is 1. The van der Waals surface area contributed by atoms with Crippen LogP contribution in [-0.4, -0.2) is 17.0 Å². The van der Waals surface area contributed by atoms with Crippen LogP contribution in [0.25, 0.3) is 0 Å². The molecule has 0 aromatic heterocycles. The number of nitrogens with one attached hydrogen (secondary N) is 1. The standard InChI is InChI=1S/C10H12BrN3O2/c11-8-4-2-1-3-7(8)6-13-10(15)5-9(12)14-16/h1-4,16H,5-6H2,(H2,12,14)(H,13,15). The molecule has 1 aromatic carbocycles. The van der Waals surface area contributed by atoms with E-state index in [1.165, 1.54) is 0 Å². The first kappa shape index (κ1) is 12.5. The molecule has 0 aliphatic heterocycles. The molecule has 16 heavy (non-hydrogen) atoms. The summed E-state index contributed by atoms with van der Waals surface area (Å²) in [4.78, 5) is 11.3. The van der Waals surface area contributed by atoms with E-state index in [0.717, 1.165) is 10.0 Å². The minimum Gasteiger partial charge on any atom is -0.409 e. The second-order valence-corrected chi connectivity index (χ2v) is 3.99. The number of carbonyl (C=O) groups excluding carboxylic acids is 1. The van der Waals surface area contributed by atoms with Gasteiger partial charge in [0.2, 0.25) is 5.91 Å². The van der Waals surface area contributed by atoms with Crippen LogP contribution in [0.2, 0.25) is 0 Å². The molecule has 0 aliphatic carbocycles. The predicted octanol–water partition coefficient (Wildman–Crippen LogP) is 1.20. The first-order valence-corrected chi connectivity index (χ1v) is 5.39. The van der Waals surface area contributed by atoms with Crippen LogP contribution in [0, 0.1) is 0 Å². The van der Waals surface area contributed by atoms with Gasteiger partial charge in [0, 0.05) is 11.0 Å². The third-order valence-electron chi connectivity index (χ3n) is 1.90. The lowest BCUT2D eigenvalue weighted by atomic mass is 10.2. The monoisotopic (exact) mass is 285 g/mol. The van der Waals surface area contributed by atoms with E-state index < -0.39 is 0 Å². The fourth-order valence-electron chi connectivity index (χ4n) is 1.10. The van der Waals surface area contributed by atoms with Crippen LogP contribution >= 0.6 is 15.9 Å². The molecule has 0 bridgehead atoms. The van der Waals surface area contributed by atoms with E-state index in [4.69, 9.17) is 10.9 Å². The molecule has 0 saturated carbocycles. The summed E-state index contributed by atoms with van der Waals surface area (Å²) >= 11 is 3.37. The third kappa shape index (κ3) is 3.90. The number of carbonyl (C=O) groups is 1. The van der Waals surface area contributed by atoms with Crippen LogP contribution in [-0.2, 0) is 11.3 Å². The number of oxime groups is 1. The fourth-order valence-corrected chi connectivity index (χ4v) is 1.52. The Balaban J connectivity index is 2.46. The minimum atomic E-state index is -0.286. The Kier molecular flexibility index (Phi) is 4.78. The van der Waals surface area contributed by atoms with Crippen molar-refractivity contribution in [3.63, 3.8) is 0 Å². The van der Waals surface area contributed by atoms with Crippen molar-refractivity contribution >= 4 is 27.7 Å². The van der Waals surface area contributed by atoms with Crippen LogP contribution in [0.3, 0.4) is 0 Å². The summed E-state index contributed by atoms with van der Waals surface area (Å²) in [5.74, 6) is -0.393. The molecule has 0 aliphatic rings. The molecule has 5 nitrogen and oxygen atoms in total. The van der Waals surface area contributed by atoms with Crippen LogP contribution in [0.1, 0.15) is 12.0 Å². The molecule has 4 N–H and O–H groups in total. The summed E-state index contributed by atoms with van der Waals surface area (Å²) < 4.78 is 0.930. The number of benzene rings is 1. The summed E-state index contributed by atoms with van der Waals surface area (Å²) in [5, 5.41) is 13.7. The quantitative estimate of drug-likeness (QED) is 0.336. The number of hydrogen-bond donors (Lipinski definition) is 3. The molecule has 1 amide bonds. The maximum absolute atomic E-state index is 11.3. The Morgan fingerprint density at radius 1 is 1.50 bits per heavy atom. The van der Waals surface area contributed by atoms with Crippen LogP contribution < -0.4 is 11.1 Å². The summed E-state index contributed by atoms with van der Waals surface area (Å²) in [6, 6.07) is 7.57. The van der Waals surface area contributed by atoms with E-state index >= 15 is 0 Å². The molecule has 0 spiro atoms. The first-order valence-electron chi connectivity index (χ1n) is 4.60. The molecule has 6 heteroatoms. The van der Waals surface area contributed by atoms with Crippen molar-refractivity contribution < 1.29 is 10.0 Å². The maximum atomic E-state index is 11.3. The molecule has 1 aromatic rings. The summed E-state index contributed by atoms with van der Waals surface area (Å²) in [6.07, 6.45) is -0.110. The van der Waals surface area contributed by atoms with Crippen molar-refractivity contribution in [2.24, 2.45) is 10.9 Å². The van der Waals surface area contributed by atoms with Gasteiger partial charge in [0.15, 0.2) is 0 Å². The van der Waals surface area contributed by atoms with Gasteiger partial charge in [0.25, 0.3) is 0 Å². The zero-order chi connectivity index (χ0) is 12.0. The molecule has 0 unspecified atom stereocenters. The summed E-state index contributed by atoms with van der Waals surface area (Å²) in [7, 11) is 0. The lowest BCUT2D eigenvalue weighted by Crippen LogP contribution is -2.28. The molecule has 0 heterocycles. The Labute approximate surface area is 101 Å². The normalized spacial score (nSPS) is 11.2. The fraction of sp³-hybridized carbons (Fsp3) is 0.200. The van der Waals surface area contributed by atoms with E-state index in [1.54, 1.807) is 0 Å². The molecule has 0 fully saturated rings. The van der Waals surface area contributed by atoms with Crippen LogP contribution in [0.5, 0.6) is 0 Å². The number of hydrogen-bond acceptors (Lipinski definition) is 3. The number of amidine groups is 1. The van der Waals surface area contributed by atoms with Gasteiger partial charge in [-0.25, -0.2) is 0 Å². The Bertz CT molecular complexity index is 407. The smallest absolute Gasteiger partial charge is 0.227 e. The van der Waals surface area contributed by atoms with E-state index in [9.17, 15) is 4.79 Å². The largest absolute Gasteiger partial charge is 0.409 e. The third-order valence-corrected chi connectivity index (χ3v) is 2.68. The number of amides is 1. The minimum absolute atomic E-state index is 0.107. The Morgan fingerprint density at radius 3 is 2.81 bits per heavy atom. The molecule has 0 atom stereocenters. The Hall–Kier alpha value is -1.56. The van der Waals surface area contributed by atoms with Crippen molar-refractivity contribution in [2.45, 2.75) is 13.0 Å². The topological polar surface area (TPSA) is 87.7 Å². The van der Waals surface area contributed by atoms with Gasteiger partial charge in [-0.15, -0.1) is 0 Å². The zero-order valence-corrected chi connectivity index (χ0v) is 10.1. The van der Waals surface area contributed by atoms with Crippen molar-refractivity contribution in [2.75, 3.05) is 0 Å². The summed E-state index contributed by atoms with van der Waals surface area (Å²) in [5.41, 5.74) is 6.17. The van der Waals surface area contributed by atoms with Gasteiger partial charge in [-0.3, -0.25) is 4.79 Å². The van der Waals surface area contributed by atoms with Gasteiger partial charge in [0.05, 0.1) is 6.42 Å². The number of rotatable bonds is 4. The molecule has 1 rings (SSSR count). The second kappa shape index (κ2) is 6.12. The highest BCUT2D eigenvalue weighted by atomic mass is 79.9. The van der Waals surface area contributed by atoms with Crippen LogP contribution in [0.15, 0.2) is 33.9 Å². The van der Waals surface area contributed by atoms with E-state index in [2.05, 4.69) is 26.4 Å². The van der Waals surface area contributed by atoms with Gasteiger partial charge >= 0.3 is 0 Å². The second-order valence-electron chi connectivity index (χ2n) is 3.14. The zero-order valence-electron chi connectivity index (χ0n) is 8.48. The average Bonchev–Trinajstić information content (AvgIpc) is 2.28. The molecular formula is C10H12BrN3O2. The van der Waals surface area contributed by atoms with Crippen molar-refractivity contribution in [1.29, 1.82) is 0 Å². The van der Waals surface area contributed by atoms with Gasteiger partial charge in [-0.2, -0.15) is 0 Å². The average molecular weight is 286 g/mol. The lowest BCUT2D eigenvalue weighted by molar-refractivity contribution is -0.120. The van der Waals surface area contributed by atoms with Crippen LogP contribution in [0.4, 0.5) is 0 Å². The van der Waals surface area contributed by atoms with Gasteiger partial charge in [-0.05, 0) is 11.6 Å². The lowest BCUT2D eigenvalue weighted by Gasteiger charge is -2.06. The summed E-state index contributed by atoms with van der Waals surface area (Å²) in [6.45, 7) is 0.402. The SMILES string of the molecule is NC(CC(=O)NCc1ccccc1Br)=NO. The Morgan fingerprint density at radius 2 is 2.19 bits per heavy atom. The molecule has 0 saturated heterocycles. The highest BCUT2D eigenvalue weighted by Crippen LogP contribution is 2.15. The highest BCUT2D eigenvalue weighted by Gasteiger charge is 2.05. The van der Waals surface area contributed by atoms with Gasteiger partial charge in [0.1, 0.15) is 5.84 Å². The molecule has 86 valence electrons. The number of halogens is 1. The predicted molar refractivity (Wildman–Crippen MR) is 64.0 cm³/mol.